The molecule has 0 unspecified atom stereocenters. The summed E-state index contributed by atoms with van der Waals surface area (Å²) in [5.41, 5.74) is 6.05. The highest BCUT2D eigenvalue weighted by Crippen LogP contribution is 2.21. The van der Waals surface area contributed by atoms with Crippen LogP contribution in [0.5, 0.6) is 0 Å². The summed E-state index contributed by atoms with van der Waals surface area (Å²) in [6.45, 7) is 5.58. The van der Waals surface area contributed by atoms with Crippen molar-refractivity contribution < 1.29 is 13.9 Å². The first kappa shape index (κ1) is 14.9. The molecule has 92 valence electrons. The molecular weight excluding hydrogens is 232 g/mol. The number of hydrogen-bond acceptors (Lipinski definition) is 5. The molecule has 1 heterocycles. The molecule has 1 aromatic heterocycles. The normalized spacial score (nSPS) is 12.1. The van der Waals surface area contributed by atoms with Gasteiger partial charge in [0.15, 0.2) is 5.69 Å². The Morgan fingerprint density at radius 2 is 2.06 bits per heavy atom. The van der Waals surface area contributed by atoms with E-state index < -0.39 is 5.97 Å². The van der Waals surface area contributed by atoms with E-state index in [0.717, 1.165) is 0 Å². The molecule has 6 heteroatoms. The zero-order valence-corrected chi connectivity index (χ0v) is 10.6. The number of carbonyl (C=O) groups excluding carboxylic acids is 1. The first-order chi connectivity index (χ1) is 6.97. The number of nitrogens with two attached hydrogens (primary N) is 1. The highest BCUT2D eigenvalue weighted by molar-refractivity contribution is 5.88. The van der Waals surface area contributed by atoms with Crippen molar-refractivity contribution in [3.05, 3.63) is 17.3 Å². The average Bonchev–Trinajstić information content (AvgIpc) is 2.57. The van der Waals surface area contributed by atoms with Gasteiger partial charge in [0, 0.05) is 0 Å². The van der Waals surface area contributed by atoms with Crippen LogP contribution in [0.1, 0.15) is 42.0 Å². The molecule has 1 aromatic rings. The van der Waals surface area contributed by atoms with Gasteiger partial charge < -0.3 is 14.9 Å². The Bertz CT molecular complexity index is 363. The smallest absolute Gasteiger partial charge is 0.360 e. The summed E-state index contributed by atoms with van der Waals surface area (Å²) in [5.74, 6) is 0.517. The van der Waals surface area contributed by atoms with Crippen LogP contribution in [0.2, 0.25) is 0 Å². The van der Waals surface area contributed by atoms with Crippen LogP contribution in [0.3, 0.4) is 0 Å². The predicted octanol–water partition coefficient (Wildman–Crippen LogP) is 1.85. The molecule has 5 nitrogen and oxygen atoms in total. The molecule has 0 aliphatic carbocycles. The molecule has 0 aromatic carbocycles. The van der Waals surface area contributed by atoms with E-state index in [-0.39, 0.29) is 30.1 Å². The Balaban J connectivity index is 0.00000225. The summed E-state index contributed by atoms with van der Waals surface area (Å²) in [6.07, 6.45) is 0. The van der Waals surface area contributed by atoms with Gasteiger partial charge in [0.05, 0.1) is 13.2 Å². The summed E-state index contributed by atoms with van der Waals surface area (Å²) in [6, 6.07) is -0.304. The van der Waals surface area contributed by atoms with Crippen molar-refractivity contribution in [2.45, 2.75) is 26.8 Å². The van der Waals surface area contributed by atoms with Crippen LogP contribution in [-0.2, 0) is 4.74 Å². The number of carbonyl (C=O) groups is 1. The number of hydrogen-bond donors (Lipinski definition) is 1. The van der Waals surface area contributed by atoms with Crippen molar-refractivity contribution in [3.8, 4) is 0 Å². The van der Waals surface area contributed by atoms with Gasteiger partial charge in [-0.05, 0) is 12.8 Å². The van der Waals surface area contributed by atoms with Crippen LogP contribution >= 0.6 is 12.4 Å². The van der Waals surface area contributed by atoms with Crippen LogP contribution in [0.4, 0.5) is 0 Å². The molecule has 1 atom stereocenters. The number of rotatable bonds is 3. The predicted molar refractivity (Wildman–Crippen MR) is 61.6 cm³/mol. The molecule has 0 saturated heterocycles. The second-order valence-electron chi connectivity index (χ2n) is 3.72. The van der Waals surface area contributed by atoms with Gasteiger partial charge >= 0.3 is 5.97 Å². The largest absolute Gasteiger partial charge is 0.464 e. The third kappa shape index (κ3) is 2.96. The monoisotopic (exact) mass is 248 g/mol. The molecule has 0 fully saturated rings. The number of nitrogens with zero attached hydrogens (tertiary/aromatic N) is 1. The van der Waals surface area contributed by atoms with Crippen molar-refractivity contribution in [3.63, 3.8) is 0 Å². The molecule has 0 amide bonds. The van der Waals surface area contributed by atoms with E-state index in [1.165, 1.54) is 7.11 Å². The summed E-state index contributed by atoms with van der Waals surface area (Å²) in [7, 11) is 1.30. The lowest BCUT2D eigenvalue weighted by Gasteiger charge is -2.10. The Hall–Kier alpha value is -1.07. The molecular formula is C10H17ClN2O3. The lowest BCUT2D eigenvalue weighted by Crippen LogP contribution is -2.17. The van der Waals surface area contributed by atoms with Gasteiger partial charge in [-0.2, -0.15) is 0 Å². The van der Waals surface area contributed by atoms with Crippen LogP contribution in [0.15, 0.2) is 4.42 Å². The zero-order chi connectivity index (χ0) is 11.6. The van der Waals surface area contributed by atoms with Crippen LogP contribution in [-0.4, -0.2) is 18.1 Å². The molecule has 16 heavy (non-hydrogen) atoms. The summed E-state index contributed by atoms with van der Waals surface area (Å²) in [5, 5.41) is 0. The fourth-order valence-electron chi connectivity index (χ4n) is 1.13. The maximum atomic E-state index is 11.3. The third-order valence-electron chi connectivity index (χ3n) is 2.20. The fraction of sp³-hybridized carbons (Fsp3) is 0.600. The Kier molecular flexibility index (Phi) is 5.47. The maximum absolute atomic E-state index is 11.3. The second-order valence-corrected chi connectivity index (χ2v) is 3.72. The van der Waals surface area contributed by atoms with Crippen molar-refractivity contribution in [2.75, 3.05) is 7.11 Å². The van der Waals surface area contributed by atoms with Crippen LogP contribution in [0.25, 0.3) is 0 Å². The van der Waals surface area contributed by atoms with Crippen molar-refractivity contribution in [2.24, 2.45) is 11.7 Å². The molecule has 0 aliphatic rings. The number of methoxy groups -OCH3 is 1. The van der Waals surface area contributed by atoms with Gasteiger partial charge in [-0.1, -0.05) is 13.8 Å². The number of esters is 1. The Morgan fingerprint density at radius 1 is 1.50 bits per heavy atom. The fourth-order valence-corrected chi connectivity index (χ4v) is 1.13. The minimum atomic E-state index is -0.501. The topological polar surface area (TPSA) is 78.3 Å². The van der Waals surface area contributed by atoms with Gasteiger partial charge in [0.2, 0.25) is 5.89 Å². The van der Waals surface area contributed by atoms with E-state index in [1.54, 1.807) is 6.92 Å². The molecule has 0 aliphatic heterocycles. The zero-order valence-electron chi connectivity index (χ0n) is 9.81. The standard InChI is InChI=1S/C10H16N2O3.ClH/c1-5(2)7(11)9-12-8(6(3)15-9)10(13)14-4;/h5,7H,11H2,1-4H3;1H/t7-;/m1./s1. The van der Waals surface area contributed by atoms with E-state index in [2.05, 4.69) is 9.72 Å². The molecule has 0 bridgehead atoms. The van der Waals surface area contributed by atoms with E-state index >= 15 is 0 Å². The lowest BCUT2D eigenvalue weighted by molar-refractivity contribution is 0.0593. The Labute approximate surface area is 101 Å². The summed E-state index contributed by atoms with van der Waals surface area (Å²) in [4.78, 5) is 15.3. The lowest BCUT2D eigenvalue weighted by atomic mass is 10.1. The second kappa shape index (κ2) is 5.86. The highest BCUT2D eigenvalue weighted by Gasteiger charge is 2.22. The number of aryl methyl sites for hydroxylation is 1. The minimum absolute atomic E-state index is 0. The number of aromatic nitrogens is 1. The molecule has 0 radical (unpaired) electrons. The number of oxazole rings is 1. The van der Waals surface area contributed by atoms with E-state index in [4.69, 9.17) is 10.2 Å². The molecule has 0 spiro atoms. The molecule has 0 saturated carbocycles. The van der Waals surface area contributed by atoms with E-state index in [0.29, 0.717) is 11.7 Å². The molecule has 2 N–H and O–H groups in total. The van der Waals surface area contributed by atoms with Gasteiger partial charge in [-0.3, -0.25) is 0 Å². The van der Waals surface area contributed by atoms with Crippen molar-refractivity contribution in [1.82, 2.24) is 4.98 Å². The van der Waals surface area contributed by atoms with E-state index in [9.17, 15) is 4.79 Å². The maximum Gasteiger partial charge on any atom is 0.360 e. The third-order valence-corrected chi connectivity index (χ3v) is 2.20. The minimum Gasteiger partial charge on any atom is -0.464 e. The van der Waals surface area contributed by atoms with Crippen molar-refractivity contribution >= 4 is 18.4 Å². The van der Waals surface area contributed by atoms with E-state index in [1.807, 2.05) is 13.8 Å². The van der Waals surface area contributed by atoms with Crippen LogP contribution < -0.4 is 5.73 Å². The number of ether oxygens (including phenoxy) is 1. The van der Waals surface area contributed by atoms with Gasteiger partial charge in [0.1, 0.15) is 5.76 Å². The number of halogens is 1. The summed E-state index contributed by atoms with van der Waals surface area (Å²) < 4.78 is 9.89. The van der Waals surface area contributed by atoms with Gasteiger partial charge in [-0.25, -0.2) is 9.78 Å². The van der Waals surface area contributed by atoms with Gasteiger partial charge in [0.25, 0.3) is 0 Å². The van der Waals surface area contributed by atoms with Crippen LogP contribution in [0, 0.1) is 12.8 Å². The van der Waals surface area contributed by atoms with Gasteiger partial charge in [-0.15, -0.1) is 12.4 Å². The summed E-state index contributed by atoms with van der Waals surface area (Å²) >= 11 is 0. The average molecular weight is 249 g/mol. The van der Waals surface area contributed by atoms with Crippen molar-refractivity contribution in [1.29, 1.82) is 0 Å². The quantitative estimate of drug-likeness (QED) is 0.826. The Morgan fingerprint density at radius 3 is 2.50 bits per heavy atom. The molecule has 1 rings (SSSR count). The first-order valence-corrected chi connectivity index (χ1v) is 4.78. The highest BCUT2D eigenvalue weighted by atomic mass is 35.5. The first-order valence-electron chi connectivity index (χ1n) is 4.78. The SMILES string of the molecule is COC(=O)c1nc([C@H](N)C(C)C)oc1C.Cl.